The van der Waals surface area contributed by atoms with Gasteiger partial charge in [-0.1, -0.05) is 13.0 Å². The minimum absolute atomic E-state index is 0.0748. The molecule has 1 aliphatic heterocycles. The van der Waals surface area contributed by atoms with E-state index in [1.807, 2.05) is 11.8 Å². The fourth-order valence-electron chi connectivity index (χ4n) is 4.08. The Hall–Kier alpha value is -2.89. The maximum absolute atomic E-state index is 14.1. The number of benzene rings is 1. The molecule has 0 bridgehead atoms. The zero-order valence-electron chi connectivity index (χ0n) is 17.4. The summed E-state index contributed by atoms with van der Waals surface area (Å²) in [7, 11) is 0. The first-order chi connectivity index (χ1) is 15.5. The van der Waals surface area contributed by atoms with E-state index in [1.165, 1.54) is 10.5 Å². The maximum Gasteiger partial charge on any atom is 0.417 e. The van der Waals surface area contributed by atoms with Gasteiger partial charge >= 0.3 is 12.4 Å². The summed E-state index contributed by atoms with van der Waals surface area (Å²) in [6.45, 7) is 3.46. The van der Waals surface area contributed by atoms with Crippen molar-refractivity contribution in [3.63, 3.8) is 0 Å². The number of anilines is 1. The van der Waals surface area contributed by atoms with Crippen LogP contribution in [0.25, 0.3) is 16.8 Å². The SMILES string of the molecule is CCN1C[C@H](F)C[C@@H](Nc2nnc(-c3ccc(C(F)(F)F)cc3C(F)(F)F)c3cccn23)C1. The fraction of sp³-hybridized carbons (Fsp3) is 0.429. The Morgan fingerprint density at radius 3 is 2.45 bits per heavy atom. The molecule has 3 aromatic rings. The molecule has 0 aliphatic carbocycles. The zero-order chi connectivity index (χ0) is 24.0. The number of hydrogen-bond acceptors (Lipinski definition) is 4. The molecule has 0 saturated carbocycles. The predicted octanol–water partition coefficient (Wildman–Crippen LogP) is 5.28. The third-order valence-electron chi connectivity index (χ3n) is 5.63. The van der Waals surface area contributed by atoms with Crippen LogP contribution in [0.2, 0.25) is 0 Å². The molecule has 5 nitrogen and oxygen atoms in total. The van der Waals surface area contributed by atoms with Crippen LogP contribution in [0, 0.1) is 0 Å². The van der Waals surface area contributed by atoms with Gasteiger partial charge in [-0.05, 0) is 30.8 Å². The number of likely N-dealkylation sites (N-methyl/N-ethyl adjacent to an activating group) is 1. The molecule has 1 fully saturated rings. The van der Waals surface area contributed by atoms with Crippen LogP contribution < -0.4 is 5.32 Å². The van der Waals surface area contributed by atoms with Gasteiger partial charge in [0.25, 0.3) is 0 Å². The lowest BCUT2D eigenvalue weighted by Gasteiger charge is -2.34. The largest absolute Gasteiger partial charge is 0.417 e. The fourth-order valence-corrected chi connectivity index (χ4v) is 4.08. The van der Waals surface area contributed by atoms with Gasteiger partial charge in [0.2, 0.25) is 5.95 Å². The molecule has 33 heavy (non-hydrogen) atoms. The number of rotatable bonds is 4. The number of nitrogens with one attached hydrogen (secondary N) is 1. The Balaban J connectivity index is 1.75. The smallest absolute Gasteiger partial charge is 0.350 e. The van der Waals surface area contributed by atoms with Crippen LogP contribution >= 0.6 is 0 Å². The summed E-state index contributed by atoms with van der Waals surface area (Å²) in [6.07, 6.45) is -9.23. The van der Waals surface area contributed by atoms with Gasteiger partial charge in [-0.3, -0.25) is 9.30 Å². The van der Waals surface area contributed by atoms with E-state index in [2.05, 4.69) is 15.5 Å². The topological polar surface area (TPSA) is 45.5 Å². The molecule has 0 spiro atoms. The summed E-state index contributed by atoms with van der Waals surface area (Å²) in [5.74, 6) is 0.203. The van der Waals surface area contributed by atoms with Crippen LogP contribution in [0.3, 0.4) is 0 Å². The van der Waals surface area contributed by atoms with E-state index in [4.69, 9.17) is 0 Å². The number of aromatic nitrogens is 3. The third-order valence-corrected chi connectivity index (χ3v) is 5.63. The van der Waals surface area contributed by atoms with Crippen LogP contribution in [-0.4, -0.2) is 51.3 Å². The highest BCUT2D eigenvalue weighted by Crippen LogP contribution is 2.41. The Labute approximate surface area is 184 Å². The molecule has 1 saturated heterocycles. The minimum Gasteiger partial charge on any atom is -0.350 e. The number of piperidine rings is 1. The van der Waals surface area contributed by atoms with E-state index >= 15 is 0 Å². The van der Waals surface area contributed by atoms with Crippen molar-refractivity contribution in [2.45, 2.75) is 37.9 Å². The Morgan fingerprint density at radius 1 is 1.03 bits per heavy atom. The number of fused-ring (bicyclic) bond motifs is 1. The Bertz CT molecular complexity index is 1140. The van der Waals surface area contributed by atoms with Crippen LogP contribution in [0.1, 0.15) is 24.5 Å². The molecule has 2 atom stereocenters. The van der Waals surface area contributed by atoms with Crippen molar-refractivity contribution >= 4 is 11.5 Å². The van der Waals surface area contributed by atoms with Gasteiger partial charge in [0.1, 0.15) is 11.9 Å². The lowest BCUT2D eigenvalue weighted by atomic mass is 10.00. The first-order valence-corrected chi connectivity index (χ1v) is 10.2. The van der Waals surface area contributed by atoms with Gasteiger partial charge in [-0.2, -0.15) is 26.3 Å². The molecule has 3 heterocycles. The van der Waals surface area contributed by atoms with Crippen LogP contribution in [0.4, 0.5) is 36.7 Å². The van der Waals surface area contributed by atoms with Crippen LogP contribution in [0.15, 0.2) is 36.5 Å². The first kappa shape index (κ1) is 23.3. The summed E-state index contributed by atoms with van der Waals surface area (Å²) in [5, 5.41) is 11.0. The monoisotopic (exact) mass is 475 g/mol. The average Bonchev–Trinajstić information content (AvgIpc) is 3.22. The third kappa shape index (κ3) is 4.75. The number of halogens is 7. The van der Waals surface area contributed by atoms with Crippen molar-refractivity contribution in [1.82, 2.24) is 19.5 Å². The highest BCUT2D eigenvalue weighted by atomic mass is 19.4. The molecular weight excluding hydrogens is 455 g/mol. The molecule has 0 radical (unpaired) electrons. The Morgan fingerprint density at radius 2 is 1.79 bits per heavy atom. The summed E-state index contributed by atoms with van der Waals surface area (Å²) in [4.78, 5) is 1.93. The number of likely N-dealkylation sites (tertiary alicyclic amines) is 1. The van der Waals surface area contributed by atoms with Gasteiger partial charge < -0.3 is 5.32 Å². The lowest BCUT2D eigenvalue weighted by molar-refractivity contribution is -0.142. The number of hydrogen-bond donors (Lipinski definition) is 1. The highest BCUT2D eigenvalue weighted by Gasteiger charge is 2.39. The van der Waals surface area contributed by atoms with Crippen molar-refractivity contribution in [3.05, 3.63) is 47.7 Å². The molecule has 1 aliphatic rings. The second-order valence-corrected chi connectivity index (χ2v) is 7.92. The van der Waals surface area contributed by atoms with E-state index in [9.17, 15) is 30.7 Å². The first-order valence-electron chi connectivity index (χ1n) is 10.2. The van der Waals surface area contributed by atoms with E-state index < -0.39 is 35.2 Å². The van der Waals surface area contributed by atoms with Gasteiger partial charge in [0, 0.05) is 37.3 Å². The molecule has 0 amide bonds. The van der Waals surface area contributed by atoms with Crippen molar-refractivity contribution in [2.75, 3.05) is 25.0 Å². The standard InChI is InChI=1S/C21H20F7N5/c1-2-32-10-13(22)9-14(11-32)29-19-31-30-18(17-4-3-7-33(17)19)15-6-5-12(20(23,24)25)8-16(15)21(26,27)28/h3-8,13-14H,2,9-11H2,1H3,(H,29,31)/t13-,14-/m1/s1. The van der Waals surface area contributed by atoms with Crippen molar-refractivity contribution in [2.24, 2.45) is 0 Å². The number of nitrogens with zero attached hydrogens (tertiary/aromatic N) is 4. The molecule has 12 heteroatoms. The van der Waals surface area contributed by atoms with Crippen LogP contribution in [0.5, 0.6) is 0 Å². The average molecular weight is 475 g/mol. The molecular formula is C21H20F7N5. The van der Waals surface area contributed by atoms with E-state index in [1.54, 1.807) is 12.3 Å². The van der Waals surface area contributed by atoms with E-state index in [-0.39, 0.29) is 35.7 Å². The molecule has 2 aromatic heterocycles. The second kappa shape index (κ2) is 8.47. The maximum atomic E-state index is 14.1. The molecule has 4 rings (SSSR count). The highest BCUT2D eigenvalue weighted by molar-refractivity contribution is 5.80. The lowest BCUT2D eigenvalue weighted by Crippen LogP contribution is -2.47. The summed E-state index contributed by atoms with van der Waals surface area (Å²) >= 11 is 0. The van der Waals surface area contributed by atoms with Crippen molar-refractivity contribution in [1.29, 1.82) is 0 Å². The normalized spacial score (nSPS) is 20.4. The zero-order valence-corrected chi connectivity index (χ0v) is 17.4. The van der Waals surface area contributed by atoms with Gasteiger partial charge in [0.15, 0.2) is 0 Å². The van der Waals surface area contributed by atoms with E-state index in [0.717, 1.165) is 6.07 Å². The summed E-state index contributed by atoms with van der Waals surface area (Å²) in [6, 6.07) is 4.16. The Kier molecular flexibility index (Phi) is 5.97. The van der Waals surface area contributed by atoms with Gasteiger partial charge in [-0.25, -0.2) is 4.39 Å². The van der Waals surface area contributed by atoms with Crippen LogP contribution in [-0.2, 0) is 12.4 Å². The number of alkyl halides is 7. The van der Waals surface area contributed by atoms with Crippen molar-refractivity contribution in [3.8, 4) is 11.3 Å². The second-order valence-electron chi connectivity index (χ2n) is 7.92. The van der Waals surface area contributed by atoms with Gasteiger partial charge in [-0.15, -0.1) is 10.2 Å². The van der Waals surface area contributed by atoms with Crippen molar-refractivity contribution < 1.29 is 30.7 Å². The molecule has 1 aromatic carbocycles. The predicted molar refractivity (Wildman–Crippen MR) is 107 cm³/mol. The molecule has 0 unspecified atom stereocenters. The molecule has 178 valence electrons. The minimum atomic E-state index is -5.04. The molecule has 1 N–H and O–H groups in total. The quantitative estimate of drug-likeness (QED) is 0.522. The summed E-state index contributed by atoms with van der Waals surface area (Å²) < 4.78 is 95.5. The summed E-state index contributed by atoms with van der Waals surface area (Å²) in [5.41, 5.74) is -3.38. The van der Waals surface area contributed by atoms with Gasteiger partial charge in [0.05, 0.1) is 16.6 Å². The van der Waals surface area contributed by atoms with E-state index in [0.29, 0.717) is 25.7 Å².